The molecular formula is C14H20N2O4. The van der Waals surface area contributed by atoms with Crippen molar-refractivity contribution in [2.75, 3.05) is 20.2 Å². The third kappa shape index (κ3) is 4.03. The Morgan fingerprint density at radius 3 is 2.65 bits per heavy atom. The SMILES string of the molecule is Cc1cccc(C(=O)N(C)CCCCCO)c1[N+](=O)[O-]. The molecule has 1 amide bonds. The van der Waals surface area contributed by atoms with Crippen molar-refractivity contribution < 1.29 is 14.8 Å². The Morgan fingerprint density at radius 2 is 2.05 bits per heavy atom. The number of aliphatic hydroxyl groups is 1. The second-order valence-electron chi connectivity index (χ2n) is 4.74. The van der Waals surface area contributed by atoms with Crippen LogP contribution in [0.2, 0.25) is 0 Å². The molecule has 1 aromatic carbocycles. The summed E-state index contributed by atoms with van der Waals surface area (Å²) in [5.41, 5.74) is 0.480. The number of amides is 1. The maximum absolute atomic E-state index is 12.3. The van der Waals surface area contributed by atoms with Crippen molar-refractivity contribution in [1.82, 2.24) is 4.90 Å². The second kappa shape index (κ2) is 7.59. The number of aliphatic hydroxyl groups excluding tert-OH is 1. The van der Waals surface area contributed by atoms with Gasteiger partial charge in [0.15, 0.2) is 0 Å². The molecule has 0 radical (unpaired) electrons. The lowest BCUT2D eigenvalue weighted by Gasteiger charge is -2.17. The molecule has 6 heteroatoms. The van der Waals surface area contributed by atoms with E-state index in [0.29, 0.717) is 18.5 Å². The Hall–Kier alpha value is -1.95. The highest BCUT2D eigenvalue weighted by Crippen LogP contribution is 2.24. The van der Waals surface area contributed by atoms with Gasteiger partial charge in [-0.15, -0.1) is 0 Å². The molecule has 0 atom stereocenters. The van der Waals surface area contributed by atoms with Crippen LogP contribution in [0, 0.1) is 17.0 Å². The highest BCUT2D eigenvalue weighted by atomic mass is 16.6. The minimum absolute atomic E-state index is 0.125. The number of carbonyl (C=O) groups excluding carboxylic acids is 1. The van der Waals surface area contributed by atoms with Gasteiger partial charge >= 0.3 is 0 Å². The molecule has 6 nitrogen and oxygen atoms in total. The van der Waals surface area contributed by atoms with Crippen LogP contribution in [0.3, 0.4) is 0 Å². The summed E-state index contributed by atoms with van der Waals surface area (Å²) in [5, 5.41) is 19.8. The van der Waals surface area contributed by atoms with Gasteiger partial charge in [-0.1, -0.05) is 12.1 Å². The first-order valence-electron chi connectivity index (χ1n) is 6.59. The zero-order valence-electron chi connectivity index (χ0n) is 11.8. The molecule has 0 saturated heterocycles. The highest BCUT2D eigenvalue weighted by molar-refractivity contribution is 5.98. The van der Waals surface area contributed by atoms with E-state index in [1.165, 1.54) is 11.0 Å². The summed E-state index contributed by atoms with van der Waals surface area (Å²) in [6.07, 6.45) is 2.29. The van der Waals surface area contributed by atoms with E-state index in [-0.39, 0.29) is 23.8 Å². The number of nitro benzene ring substituents is 1. The van der Waals surface area contributed by atoms with Gasteiger partial charge in [-0.05, 0) is 32.3 Å². The van der Waals surface area contributed by atoms with Crippen molar-refractivity contribution in [3.05, 3.63) is 39.4 Å². The van der Waals surface area contributed by atoms with Gasteiger partial charge in [0.1, 0.15) is 5.56 Å². The Labute approximate surface area is 118 Å². The minimum Gasteiger partial charge on any atom is -0.396 e. The number of unbranched alkanes of at least 4 members (excludes halogenated alkanes) is 2. The van der Waals surface area contributed by atoms with E-state index in [1.807, 2.05) is 0 Å². The fourth-order valence-corrected chi connectivity index (χ4v) is 2.02. The topological polar surface area (TPSA) is 83.7 Å². The monoisotopic (exact) mass is 280 g/mol. The smallest absolute Gasteiger partial charge is 0.285 e. The summed E-state index contributed by atoms with van der Waals surface area (Å²) >= 11 is 0. The molecule has 0 aliphatic carbocycles. The van der Waals surface area contributed by atoms with Crippen LogP contribution < -0.4 is 0 Å². The number of carbonyl (C=O) groups is 1. The van der Waals surface area contributed by atoms with E-state index in [0.717, 1.165) is 12.8 Å². The number of para-hydroxylation sites is 1. The molecule has 20 heavy (non-hydrogen) atoms. The van der Waals surface area contributed by atoms with Crippen LogP contribution in [0.1, 0.15) is 35.2 Å². The van der Waals surface area contributed by atoms with Gasteiger partial charge in [-0.2, -0.15) is 0 Å². The Balaban J connectivity index is 2.81. The fourth-order valence-electron chi connectivity index (χ4n) is 2.02. The number of rotatable bonds is 7. The molecule has 0 bridgehead atoms. The number of aryl methyl sites for hydroxylation is 1. The van der Waals surface area contributed by atoms with E-state index in [9.17, 15) is 14.9 Å². The van der Waals surface area contributed by atoms with Gasteiger partial charge in [0.2, 0.25) is 0 Å². The quantitative estimate of drug-likeness (QED) is 0.471. The first-order chi connectivity index (χ1) is 9.49. The molecule has 1 rings (SSSR count). The van der Waals surface area contributed by atoms with E-state index in [1.54, 1.807) is 26.1 Å². The average Bonchev–Trinajstić information content (AvgIpc) is 2.41. The van der Waals surface area contributed by atoms with E-state index >= 15 is 0 Å². The standard InChI is InChI=1S/C14H20N2O4/c1-11-7-6-8-12(13(11)16(19)20)14(18)15(2)9-4-3-5-10-17/h6-8,17H,3-5,9-10H2,1-2H3. The molecule has 0 fully saturated rings. The molecular weight excluding hydrogens is 260 g/mol. The van der Waals surface area contributed by atoms with Crippen molar-refractivity contribution in [2.24, 2.45) is 0 Å². The molecule has 0 aliphatic heterocycles. The number of nitrogens with zero attached hydrogens (tertiary/aromatic N) is 2. The summed E-state index contributed by atoms with van der Waals surface area (Å²) in [7, 11) is 1.63. The van der Waals surface area contributed by atoms with Crippen LogP contribution >= 0.6 is 0 Å². The van der Waals surface area contributed by atoms with E-state index in [2.05, 4.69) is 0 Å². The molecule has 0 aromatic heterocycles. The minimum atomic E-state index is -0.512. The molecule has 1 N–H and O–H groups in total. The summed E-state index contributed by atoms with van der Waals surface area (Å²) in [6.45, 7) is 2.28. The lowest BCUT2D eigenvalue weighted by molar-refractivity contribution is -0.385. The van der Waals surface area contributed by atoms with Crippen molar-refractivity contribution in [1.29, 1.82) is 0 Å². The molecule has 0 saturated carbocycles. The second-order valence-corrected chi connectivity index (χ2v) is 4.74. The van der Waals surface area contributed by atoms with Gasteiger partial charge in [0.25, 0.3) is 11.6 Å². The number of hydrogen-bond acceptors (Lipinski definition) is 4. The van der Waals surface area contributed by atoms with Gasteiger partial charge < -0.3 is 10.0 Å². The van der Waals surface area contributed by atoms with Crippen LogP contribution in [0.5, 0.6) is 0 Å². The average molecular weight is 280 g/mol. The van der Waals surface area contributed by atoms with E-state index in [4.69, 9.17) is 5.11 Å². The zero-order chi connectivity index (χ0) is 15.1. The predicted octanol–water partition coefficient (Wildman–Crippen LogP) is 2.14. The predicted molar refractivity (Wildman–Crippen MR) is 75.7 cm³/mol. The van der Waals surface area contributed by atoms with Crippen LogP contribution in [0.25, 0.3) is 0 Å². The third-order valence-corrected chi connectivity index (χ3v) is 3.15. The number of hydrogen-bond donors (Lipinski definition) is 1. The maximum Gasteiger partial charge on any atom is 0.285 e. The van der Waals surface area contributed by atoms with Crippen LogP contribution in [0.15, 0.2) is 18.2 Å². The van der Waals surface area contributed by atoms with Crippen molar-refractivity contribution in [2.45, 2.75) is 26.2 Å². The van der Waals surface area contributed by atoms with Gasteiger partial charge in [0.05, 0.1) is 4.92 Å². The van der Waals surface area contributed by atoms with Crippen LogP contribution in [-0.2, 0) is 0 Å². The van der Waals surface area contributed by atoms with Gasteiger partial charge in [-0.25, -0.2) is 0 Å². The fraction of sp³-hybridized carbons (Fsp3) is 0.500. The van der Waals surface area contributed by atoms with Crippen molar-refractivity contribution in [3.63, 3.8) is 0 Å². The van der Waals surface area contributed by atoms with Crippen LogP contribution in [-0.4, -0.2) is 41.0 Å². The van der Waals surface area contributed by atoms with Gasteiger partial charge in [0, 0.05) is 25.8 Å². The summed E-state index contributed by atoms with van der Waals surface area (Å²) in [6, 6.07) is 4.75. The molecule has 0 heterocycles. The largest absolute Gasteiger partial charge is 0.396 e. The molecule has 110 valence electrons. The summed E-state index contributed by atoms with van der Waals surface area (Å²) < 4.78 is 0. The number of nitro groups is 1. The highest BCUT2D eigenvalue weighted by Gasteiger charge is 2.24. The lowest BCUT2D eigenvalue weighted by atomic mass is 10.1. The molecule has 0 unspecified atom stereocenters. The first-order valence-corrected chi connectivity index (χ1v) is 6.59. The van der Waals surface area contributed by atoms with E-state index < -0.39 is 4.92 Å². The third-order valence-electron chi connectivity index (χ3n) is 3.15. The summed E-state index contributed by atoms with van der Waals surface area (Å²) in [4.78, 5) is 24.3. The first kappa shape index (κ1) is 16.1. The molecule has 0 aliphatic rings. The maximum atomic E-state index is 12.3. The van der Waals surface area contributed by atoms with Crippen molar-refractivity contribution >= 4 is 11.6 Å². The molecule has 1 aromatic rings. The van der Waals surface area contributed by atoms with Crippen LogP contribution in [0.4, 0.5) is 5.69 Å². The number of benzene rings is 1. The normalized spacial score (nSPS) is 10.3. The lowest BCUT2D eigenvalue weighted by Crippen LogP contribution is -2.28. The van der Waals surface area contributed by atoms with Crippen molar-refractivity contribution in [3.8, 4) is 0 Å². The summed E-state index contributed by atoms with van der Waals surface area (Å²) in [5.74, 6) is -0.343. The Morgan fingerprint density at radius 1 is 1.35 bits per heavy atom. The molecule has 0 spiro atoms. The Bertz CT molecular complexity index is 488. The van der Waals surface area contributed by atoms with Gasteiger partial charge in [-0.3, -0.25) is 14.9 Å². The zero-order valence-corrected chi connectivity index (χ0v) is 11.8. The Kier molecular flexibility index (Phi) is 6.11.